The molecule has 0 radical (unpaired) electrons. The molecule has 2 aromatic rings. The molecule has 0 unspecified atom stereocenters. The maximum Gasteiger partial charge on any atom is 0.270 e. The number of nitrogens with zero attached hydrogens (tertiary/aromatic N) is 1. The van der Waals surface area contributed by atoms with Crippen LogP contribution >= 0.6 is 23.2 Å². The number of nitrogens with one attached hydrogen (secondary N) is 1. The number of nitro groups is 1. The molecule has 0 saturated carbocycles. The lowest BCUT2D eigenvalue weighted by atomic mass is 9.76. The zero-order chi connectivity index (χ0) is 17.7. The molecular formula is C19H16Cl2N2O2. The molecule has 2 aromatic carbocycles. The van der Waals surface area contributed by atoms with E-state index in [0.29, 0.717) is 10.0 Å². The van der Waals surface area contributed by atoms with E-state index in [1.807, 2.05) is 19.1 Å². The van der Waals surface area contributed by atoms with E-state index in [1.165, 1.54) is 0 Å². The van der Waals surface area contributed by atoms with Crippen molar-refractivity contribution in [1.82, 2.24) is 0 Å². The maximum atomic E-state index is 11.2. The van der Waals surface area contributed by atoms with Gasteiger partial charge in [0.05, 0.1) is 21.0 Å². The van der Waals surface area contributed by atoms with Crippen LogP contribution in [0.2, 0.25) is 10.0 Å². The van der Waals surface area contributed by atoms with Crippen LogP contribution in [0.15, 0.2) is 42.5 Å². The molecule has 3 atom stereocenters. The molecule has 2 aliphatic rings. The summed E-state index contributed by atoms with van der Waals surface area (Å²) in [6, 6.07) is 9.00. The van der Waals surface area contributed by atoms with Gasteiger partial charge in [-0.15, -0.1) is 0 Å². The molecule has 1 heterocycles. The molecule has 4 nitrogen and oxygen atoms in total. The largest absolute Gasteiger partial charge is 0.377 e. The molecule has 1 aliphatic heterocycles. The normalized spacial score (nSPS) is 23.7. The van der Waals surface area contributed by atoms with Gasteiger partial charge in [0.2, 0.25) is 0 Å². The zero-order valence-corrected chi connectivity index (χ0v) is 15.0. The monoisotopic (exact) mass is 374 g/mol. The van der Waals surface area contributed by atoms with E-state index >= 15 is 0 Å². The number of rotatable bonds is 2. The smallest absolute Gasteiger partial charge is 0.270 e. The van der Waals surface area contributed by atoms with E-state index in [-0.39, 0.29) is 28.5 Å². The Morgan fingerprint density at radius 2 is 2.04 bits per heavy atom. The molecule has 128 valence electrons. The van der Waals surface area contributed by atoms with E-state index < -0.39 is 0 Å². The fourth-order valence-corrected chi connectivity index (χ4v) is 4.47. The van der Waals surface area contributed by atoms with Crippen LogP contribution in [0.1, 0.15) is 35.1 Å². The second-order valence-corrected chi connectivity index (χ2v) is 7.39. The van der Waals surface area contributed by atoms with Gasteiger partial charge in [0.15, 0.2) is 0 Å². The van der Waals surface area contributed by atoms with Gasteiger partial charge in [0, 0.05) is 23.7 Å². The first-order chi connectivity index (χ1) is 12.0. The minimum Gasteiger partial charge on any atom is -0.377 e. The third-order valence-electron chi connectivity index (χ3n) is 5.18. The molecule has 0 aromatic heterocycles. The summed E-state index contributed by atoms with van der Waals surface area (Å²) in [7, 11) is 0. The zero-order valence-electron chi connectivity index (χ0n) is 13.5. The molecule has 6 heteroatoms. The molecule has 25 heavy (non-hydrogen) atoms. The van der Waals surface area contributed by atoms with Crippen molar-refractivity contribution < 1.29 is 4.92 Å². The summed E-state index contributed by atoms with van der Waals surface area (Å²) in [5, 5.41) is 15.9. The van der Waals surface area contributed by atoms with Gasteiger partial charge < -0.3 is 5.32 Å². The number of halogens is 2. The number of non-ortho nitro benzene ring substituents is 1. The van der Waals surface area contributed by atoms with E-state index in [4.69, 9.17) is 23.2 Å². The van der Waals surface area contributed by atoms with Gasteiger partial charge in [-0.25, -0.2) is 0 Å². The van der Waals surface area contributed by atoms with Crippen molar-refractivity contribution in [1.29, 1.82) is 0 Å². The molecule has 0 bridgehead atoms. The number of nitro benzene ring substituents is 1. The van der Waals surface area contributed by atoms with Crippen molar-refractivity contribution in [2.24, 2.45) is 5.92 Å². The van der Waals surface area contributed by atoms with E-state index in [1.54, 1.807) is 18.2 Å². The predicted molar refractivity (Wildman–Crippen MR) is 101 cm³/mol. The summed E-state index contributed by atoms with van der Waals surface area (Å²) >= 11 is 12.7. The first kappa shape index (κ1) is 16.4. The van der Waals surface area contributed by atoms with Gasteiger partial charge in [-0.3, -0.25) is 10.1 Å². The van der Waals surface area contributed by atoms with Gasteiger partial charge in [0.25, 0.3) is 5.69 Å². The van der Waals surface area contributed by atoms with Crippen LogP contribution in [-0.4, -0.2) is 4.92 Å². The van der Waals surface area contributed by atoms with Crippen molar-refractivity contribution in [2.75, 3.05) is 5.32 Å². The van der Waals surface area contributed by atoms with Crippen molar-refractivity contribution in [3.8, 4) is 0 Å². The molecule has 1 aliphatic carbocycles. The highest BCUT2D eigenvalue weighted by molar-refractivity contribution is 6.42. The van der Waals surface area contributed by atoms with Crippen LogP contribution in [0.3, 0.4) is 0 Å². The van der Waals surface area contributed by atoms with Gasteiger partial charge in [-0.1, -0.05) is 47.5 Å². The van der Waals surface area contributed by atoms with E-state index in [9.17, 15) is 10.1 Å². The highest BCUT2D eigenvalue weighted by atomic mass is 35.5. The maximum absolute atomic E-state index is 11.2. The molecule has 0 amide bonds. The Morgan fingerprint density at radius 3 is 2.80 bits per heavy atom. The SMILES string of the molecule is Cc1cc([N+](=O)[O-])cc2c1N[C@H](c1cccc(Cl)c1Cl)[C@H]1CC=C[C@H]21. The number of aryl methyl sites for hydroxylation is 1. The molecule has 0 saturated heterocycles. The summed E-state index contributed by atoms with van der Waals surface area (Å²) in [5.74, 6) is 0.389. The number of fused-ring (bicyclic) bond motifs is 3. The standard InChI is InChI=1S/C19H16Cl2N2O2/c1-10-8-11(23(24)25)9-15-12-4-2-5-13(12)19(22-18(10)15)14-6-3-7-16(20)17(14)21/h2-4,6-9,12-13,19,22H,5H2,1H3/t12-,13-,19-/m0/s1. The Balaban J connectivity index is 1.86. The predicted octanol–water partition coefficient (Wildman–Crippen LogP) is 6.04. The quantitative estimate of drug-likeness (QED) is 0.396. The lowest BCUT2D eigenvalue weighted by Crippen LogP contribution is -2.30. The Kier molecular flexibility index (Phi) is 3.97. The van der Waals surface area contributed by atoms with Gasteiger partial charge in [-0.05, 0) is 42.0 Å². The number of benzene rings is 2. The lowest BCUT2D eigenvalue weighted by Gasteiger charge is -2.38. The second kappa shape index (κ2) is 6.04. The minimum absolute atomic E-state index is 0.0128. The number of anilines is 1. The van der Waals surface area contributed by atoms with Crippen LogP contribution in [0.4, 0.5) is 11.4 Å². The fourth-order valence-electron chi connectivity index (χ4n) is 4.04. The van der Waals surface area contributed by atoms with Crippen molar-refractivity contribution >= 4 is 34.6 Å². The van der Waals surface area contributed by atoms with E-state index in [0.717, 1.165) is 28.8 Å². The summed E-state index contributed by atoms with van der Waals surface area (Å²) in [6.07, 6.45) is 5.19. The Labute approximate surface area is 155 Å². The summed E-state index contributed by atoms with van der Waals surface area (Å²) in [5.41, 5.74) is 3.91. The number of hydrogen-bond donors (Lipinski definition) is 1. The Bertz CT molecular complexity index is 911. The topological polar surface area (TPSA) is 55.2 Å². The second-order valence-electron chi connectivity index (χ2n) is 6.60. The average Bonchev–Trinajstić information content (AvgIpc) is 3.07. The van der Waals surface area contributed by atoms with Crippen LogP contribution in [0.25, 0.3) is 0 Å². The third-order valence-corrected chi connectivity index (χ3v) is 6.01. The van der Waals surface area contributed by atoms with Gasteiger partial charge in [-0.2, -0.15) is 0 Å². The van der Waals surface area contributed by atoms with Crippen molar-refractivity contribution in [3.63, 3.8) is 0 Å². The van der Waals surface area contributed by atoms with Crippen LogP contribution < -0.4 is 5.32 Å². The third kappa shape index (κ3) is 2.60. The Hall–Kier alpha value is -2.04. The van der Waals surface area contributed by atoms with Crippen LogP contribution in [-0.2, 0) is 0 Å². The van der Waals surface area contributed by atoms with Crippen molar-refractivity contribution in [3.05, 3.63) is 79.3 Å². The minimum atomic E-state index is -0.332. The highest BCUT2D eigenvalue weighted by Gasteiger charge is 2.40. The van der Waals surface area contributed by atoms with Crippen LogP contribution in [0, 0.1) is 23.0 Å². The molecule has 4 rings (SSSR count). The summed E-state index contributed by atoms with van der Waals surface area (Å²) in [4.78, 5) is 10.9. The highest BCUT2D eigenvalue weighted by Crippen LogP contribution is 2.52. The van der Waals surface area contributed by atoms with E-state index in [2.05, 4.69) is 17.5 Å². The van der Waals surface area contributed by atoms with Crippen molar-refractivity contribution in [2.45, 2.75) is 25.3 Å². The van der Waals surface area contributed by atoms with Gasteiger partial charge in [0.1, 0.15) is 0 Å². The molecule has 0 spiro atoms. The average molecular weight is 375 g/mol. The first-order valence-electron chi connectivity index (χ1n) is 8.13. The number of hydrogen-bond acceptors (Lipinski definition) is 3. The first-order valence-corrected chi connectivity index (χ1v) is 8.89. The van der Waals surface area contributed by atoms with Gasteiger partial charge >= 0.3 is 0 Å². The molecule has 1 N–H and O–H groups in total. The summed E-state index contributed by atoms with van der Waals surface area (Å²) < 4.78 is 0. The Morgan fingerprint density at radius 1 is 1.24 bits per heavy atom. The summed E-state index contributed by atoms with van der Waals surface area (Å²) in [6.45, 7) is 1.90. The molecular weight excluding hydrogens is 359 g/mol. The lowest BCUT2D eigenvalue weighted by molar-refractivity contribution is -0.385. The number of allylic oxidation sites excluding steroid dienone is 2. The fraction of sp³-hybridized carbons (Fsp3) is 0.263. The van der Waals surface area contributed by atoms with Crippen LogP contribution in [0.5, 0.6) is 0 Å². The molecule has 0 fully saturated rings.